The fourth-order valence-corrected chi connectivity index (χ4v) is 2.45. The zero-order valence-electron chi connectivity index (χ0n) is 12.6. The molecule has 1 aliphatic carbocycles. The highest BCUT2D eigenvalue weighted by atomic mass is 35.5. The molecule has 0 bridgehead atoms. The second kappa shape index (κ2) is 6.19. The fourth-order valence-electron chi connectivity index (χ4n) is 2.45. The van der Waals surface area contributed by atoms with Crippen LogP contribution in [-0.4, -0.2) is 59.4 Å². The highest BCUT2D eigenvalue weighted by molar-refractivity contribution is 6.09. The SMILES string of the molecule is CC(CN)N(C)C(=O)CN1C(=O)NC(C)(C2CC2)C1=O.Cl. The van der Waals surface area contributed by atoms with Crippen LogP contribution in [0, 0.1) is 5.92 Å². The minimum Gasteiger partial charge on any atom is -0.340 e. The van der Waals surface area contributed by atoms with E-state index in [0.29, 0.717) is 6.54 Å². The van der Waals surface area contributed by atoms with Crippen LogP contribution in [0.5, 0.6) is 0 Å². The minimum atomic E-state index is -0.838. The van der Waals surface area contributed by atoms with Crippen LogP contribution in [0.4, 0.5) is 4.79 Å². The lowest BCUT2D eigenvalue weighted by atomic mass is 9.96. The third-order valence-corrected chi connectivity index (χ3v) is 4.38. The van der Waals surface area contributed by atoms with Crippen molar-refractivity contribution >= 4 is 30.3 Å². The molecule has 2 atom stereocenters. The Labute approximate surface area is 130 Å². The first kappa shape index (κ1) is 17.7. The Morgan fingerprint density at radius 1 is 1.52 bits per heavy atom. The Hall–Kier alpha value is -1.34. The van der Waals surface area contributed by atoms with Gasteiger partial charge in [0.05, 0.1) is 0 Å². The van der Waals surface area contributed by atoms with E-state index in [-0.39, 0.29) is 42.7 Å². The fraction of sp³-hybridized carbons (Fsp3) is 0.769. The molecule has 0 spiro atoms. The van der Waals surface area contributed by atoms with Gasteiger partial charge in [-0.1, -0.05) is 0 Å². The third-order valence-electron chi connectivity index (χ3n) is 4.38. The number of carbonyl (C=O) groups is 3. The smallest absolute Gasteiger partial charge is 0.325 e. The summed E-state index contributed by atoms with van der Waals surface area (Å²) in [5.41, 5.74) is 4.67. The number of imide groups is 1. The summed E-state index contributed by atoms with van der Waals surface area (Å²) in [5, 5.41) is 2.72. The van der Waals surface area contributed by atoms with Gasteiger partial charge in [-0.25, -0.2) is 4.79 Å². The molecule has 7 nitrogen and oxygen atoms in total. The molecule has 2 aliphatic rings. The first-order valence-electron chi connectivity index (χ1n) is 6.91. The summed E-state index contributed by atoms with van der Waals surface area (Å²) >= 11 is 0. The molecule has 0 aromatic heterocycles. The van der Waals surface area contributed by atoms with E-state index in [9.17, 15) is 14.4 Å². The lowest BCUT2D eigenvalue weighted by Crippen LogP contribution is -2.48. The molecule has 0 radical (unpaired) electrons. The van der Waals surface area contributed by atoms with Gasteiger partial charge < -0.3 is 16.0 Å². The van der Waals surface area contributed by atoms with Gasteiger partial charge in [-0.3, -0.25) is 14.5 Å². The summed E-state index contributed by atoms with van der Waals surface area (Å²) in [7, 11) is 1.62. The quantitative estimate of drug-likeness (QED) is 0.694. The third kappa shape index (κ3) is 3.13. The number of amides is 4. The summed E-state index contributed by atoms with van der Waals surface area (Å²) in [6.07, 6.45) is 1.88. The van der Waals surface area contributed by atoms with E-state index in [1.165, 1.54) is 4.90 Å². The summed E-state index contributed by atoms with van der Waals surface area (Å²) in [6, 6.07) is -0.607. The van der Waals surface area contributed by atoms with Gasteiger partial charge in [0, 0.05) is 19.6 Å². The number of carbonyl (C=O) groups excluding carboxylic acids is 3. The van der Waals surface area contributed by atoms with Gasteiger partial charge in [0.15, 0.2) is 0 Å². The van der Waals surface area contributed by atoms with Gasteiger partial charge in [0.1, 0.15) is 12.1 Å². The molecular formula is C13H23ClN4O3. The van der Waals surface area contributed by atoms with E-state index >= 15 is 0 Å². The zero-order chi connectivity index (χ0) is 15.1. The maximum atomic E-state index is 12.4. The number of hydrogen-bond acceptors (Lipinski definition) is 4. The van der Waals surface area contributed by atoms with E-state index < -0.39 is 11.6 Å². The maximum absolute atomic E-state index is 12.4. The van der Waals surface area contributed by atoms with Crippen molar-refractivity contribution in [2.24, 2.45) is 11.7 Å². The van der Waals surface area contributed by atoms with Gasteiger partial charge >= 0.3 is 6.03 Å². The van der Waals surface area contributed by atoms with Gasteiger partial charge in [-0.05, 0) is 32.6 Å². The molecule has 0 aromatic rings. The molecule has 3 N–H and O–H groups in total. The van der Waals surface area contributed by atoms with Crippen molar-refractivity contribution in [2.45, 2.75) is 38.3 Å². The molecule has 120 valence electrons. The van der Waals surface area contributed by atoms with Crippen molar-refractivity contribution in [3.8, 4) is 0 Å². The predicted octanol–water partition coefficient (Wildman–Crippen LogP) is -0.0657. The molecule has 8 heteroatoms. The molecule has 21 heavy (non-hydrogen) atoms. The highest BCUT2D eigenvalue weighted by Gasteiger charge is 2.56. The standard InChI is InChI=1S/C13H22N4O3.ClH/c1-8(6-14)16(3)10(18)7-17-11(19)13(2,9-4-5-9)15-12(17)20;/h8-9H,4-7,14H2,1-3H3,(H,15,20);1H. The maximum Gasteiger partial charge on any atom is 0.325 e. The molecule has 1 saturated carbocycles. The van der Waals surface area contributed by atoms with Crippen molar-refractivity contribution in [1.82, 2.24) is 15.1 Å². The van der Waals surface area contributed by atoms with Crippen LogP contribution in [-0.2, 0) is 9.59 Å². The van der Waals surface area contributed by atoms with Crippen LogP contribution in [0.2, 0.25) is 0 Å². The summed E-state index contributed by atoms with van der Waals surface area (Å²) in [4.78, 5) is 38.9. The van der Waals surface area contributed by atoms with Crippen LogP contribution in [0.1, 0.15) is 26.7 Å². The van der Waals surface area contributed by atoms with E-state index in [0.717, 1.165) is 17.7 Å². The second-order valence-corrected chi connectivity index (χ2v) is 5.89. The van der Waals surface area contributed by atoms with Crippen LogP contribution >= 0.6 is 12.4 Å². The molecule has 2 fully saturated rings. The molecule has 1 heterocycles. The molecule has 0 aromatic carbocycles. The van der Waals surface area contributed by atoms with Crippen LogP contribution in [0.3, 0.4) is 0 Å². The Kier molecular flexibility index (Phi) is 5.22. The average molecular weight is 319 g/mol. The van der Waals surface area contributed by atoms with Gasteiger partial charge in [-0.2, -0.15) is 0 Å². The van der Waals surface area contributed by atoms with Crippen molar-refractivity contribution in [2.75, 3.05) is 20.1 Å². The Morgan fingerprint density at radius 2 is 2.10 bits per heavy atom. The van der Waals surface area contributed by atoms with Gasteiger partial charge in [0.25, 0.3) is 5.91 Å². The molecule has 1 saturated heterocycles. The molecule has 1 aliphatic heterocycles. The molecule has 2 rings (SSSR count). The first-order valence-corrected chi connectivity index (χ1v) is 6.91. The number of urea groups is 1. The number of likely N-dealkylation sites (N-methyl/N-ethyl adjacent to an activating group) is 1. The largest absolute Gasteiger partial charge is 0.340 e. The van der Waals surface area contributed by atoms with E-state index in [2.05, 4.69) is 5.32 Å². The number of rotatable bonds is 5. The van der Waals surface area contributed by atoms with Crippen molar-refractivity contribution in [3.63, 3.8) is 0 Å². The lowest BCUT2D eigenvalue weighted by molar-refractivity contribution is -0.139. The summed E-state index contributed by atoms with van der Waals surface area (Å²) < 4.78 is 0. The Bertz CT molecular complexity index is 455. The second-order valence-electron chi connectivity index (χ2n) is 5.89. The molecule has 4 amide bonds. The predicted molar refractivity (Wildman–Crippen MR) is 79.9 cm³/mol. The van der Waals surface area contributed by atoms with Crippen molar-refractivity contribution < 1.29 is 14.4 Å². The highest BCUT2D eigenvalue weighted by Crippen LogP contribution is 2.42. The number of nitrogens with one attached hydrogen (secondary N) is 1. The topological polar surface area (TPSA) is 95.7 Å². The number of nitrogens with two attached hydrogens (primary N) is 1. The number of nitrogens with zero attached hydrogens (tertiary/aromatic N) is 2. The van der Waals surface area contributed by atoms with Crippen molar-refractivity contribution in [3.05, 3.63) is 0 Å². The average Bonchev–Trinajstić information content (AvgIpc) is 3.23. The van der Waals surface area contributed by atoms with Gasteiger partial charge in [0.2, 0.25) is 5.91 Å². The minimum absolute atomic E-state index is 0. The normalized spacial score (nSPS) is 26.2. The van der Waals surface area contributed by atoms with Crippen molar-refractivity contribution in [1.29, 1.82) is 0 Å². The Morgan fingerprint density at radius 3 is 2.57 bits per heavy atom. The first-order chi connectivity index (χ1) is 9.31. The lowest BCUT2D eigenvalue weighted by Gasteiger charge is -2.26. The summed E-state index contributed by atoms with van der Waals surface area (Å²) in [6.45, 7) is 3.66. The number of hydrogen-bond donors (Lipinski definition) is 2. The number of halogens is 1. The molecular weight excluding hydrogens is 296 g/mol. The van der Waals surface area contributed by atoms with Crippen LogP contribution in [0.15, 0.2) is 0 Å². The monoisotopic (exact) mass is 318 g/mol. The van der Waals surface area contributed by atoms with E-state index in [4.69, 9.17) is 5.73 Å². The molecule has 2 unspecified atom stereocenters. The van der Waals surface area contributed by atoms with E-state index in [1.807, 2.05) is 6.92 Å². The van der Waals surface area contributed by atoms with Gasteiger partial charge in [-0.15, -0.1) is 12.4 Å². The summed E-state index contributed by atoms with van der Waals surface area (Å²) in [5.74, 6) is -0.390. The zero-order valence-corrected chi connectivity index (χ0v) is 13.4. The van der Waals surface area contributed by atoms with Crippen LogP contribution < -0.4 is 11.1 Å². The Balaban J connectivity index is 0.00000220. The van der Waals surface area contributed by atoms with E-state index in [1.54, 1.807) is 14.0 Å². The van der Waals surface area contributed by atoms with Crippen LogP contribution in [0.25, 0.3) is 0 Å².